The predicted octanol–water partition coefficient (Wildman–Crippen LogP) is 4.19. The van der Waals surface area contributed by atoms with E-state index in [1.54, 1.807) is 7.11 Å². The molecule has 1 N–H and O–H groups in total. The summed E-state index contributed by atoms with van der Waals surface area (Å²) in [5.41, 5.74) is 3.58. The molecule has 2 aliphatic heterocycles. The van der Waals surface area contributed by atoms with E-state index < -0.39 is 0 Å². The second-order valence-electron chi connectivity index (χ2n) is 6.98. The lowest BCUT2D eigenvalue weighted by molar-refractivity contribution is 0.0728. The van der Waals surface area contributed by atoms with Crippen molar-refractivity contribution < 1.29 is 19.0 Å². The van der Waals surface area contributed by atoms with Crippen molar-refractivity contribution in [1.82, 2.24) is 4.90 Å². The lowest BCUT2D eigenvalue weighted by Gasteiger charge is -2.27. The van der Waals surface area contributed by atoms with Gasteiger partial charge in [0, 0.05) is 23.4 Å². The minimum Gasteiger partial charge on any atom is -0.497 e. The summed E-state index contributed by atoms with van der Waals surface area (Å²) in [5.74, 6) is 2.24. The zero-order valence-electron chi connectivity index (χ0n) is 15.9. The van der Waals surface area contributed by atoms with Gasteiger partial charge in [-0.2, -0.15) is 0 Å². The van der Waals surface area contributed by atoms with Crippen LogP contribution in [0.1, 0.15) is 27.7 Å². The molecule has 146 valence electrons. The number of carbonyl (C=O) groups excluding carboxylic acids is 1. The summed E-state index contributed by atoms with van der Waals surface area (Å²) in [6, 6.07) is 21.2. The average molecular weight is 388 g/mol. The standard InChI is InChI=1S/C23H20N2O4/c1-27-17-9-7-16(8-10-17)24-22-18-4-2-3-5-19(18)23(26)25(22)13-15-6-11-20-21(12-15)29-14-28-20/h2-12,22,24H,13-14H2,1H3/t22-/m0/s1. The summed E-state index contributed by atoms with van der Waals surface area (Å²) in [4.78, 5) is 15.0. The number of hydrogen-bond acceptors (Lipinski definition) is 5. The van der Waals surface area contributed by atoms with Crippen molar-refractivity contribution in [3.63, 3.8) is 0 Å². The van der Waals surface area contributed by atoms with Crippen LogP contribution in [0, 0.1) is 0 Å². The van der Waals surface area contributed by atoms with Gasteiger partial charge < -0.3 is 24.4 Å². The molecule has 0 bridgehead atoms. The number of nitrogens with zero attached hydrogens (tertiary/aromatic N) is 1. The highest BCUT2D eigenvalue weighted by atomic mass is 16.7. The third-order valence-electron chi connectivity index (χ3n) is 5.24. The summed E-state index contributed by atoms with van der Waals surface area (Å²) >= 11 is 0. The highest BCUT2D eigenvalue weighted by Gasteiger charge is 2.36. The first-order chi connectivity index (χ1) is 14.2. The maximum atomic E-state index is 13.1. The fourth-order valence-electron chi connectivity index (χ4n) is 3.77. The van der Waals surface area contributed by atoms with Gasteiger partial charge in [-0.05, 0) is 48.0 Å². The minimum atomic E-state index is -0.266. The normalized spacial score (nSPS) is 16.7. The Morgan fingerprint density at radius 2 is 1.83 bits per heavy atom. The van der Waals surface area contributed by atoms with Gasteiger partial charge in [0.1, 0.15) is 11.9 Å². The Bertz CT molecular complexity index is 1060. The summed E-state index contributed by atoms with van der Waals surface area (Å²) in [6.07, 6.45) is -0.266. The maximum absolute atomic E-state index is 13.1. The number of nitrogens with one attached hydrogen (secondary N) is 1. The van der Waals surface area contributed by atoms with Gasteiger partial charge in [-0.1, -0.05) is 24.3 Å². The van der Waals surface area contributed by atoms with Crippen molar-refractivity contribution in [3.8, 4) is 17.2 Å². The summed E-state index contributed by atoms with van der Waals surface area (Å²) in [5, 5.41) is 3.50. The van der Waals surface area contributed by atoms with Crippen molar-refractivity contribution in [2.24, 2.45) is 0 Å². The van der Waals surface area contributed by atoms with Gasteiger partial charge in [0.05, 0.1) is 7.11 Å². The van der Waals surface area contributed by atoms with Gasteiger partial charge in [0.15, 0.2) is 11.5 Å². The fraction of sp³-hybridized carbons (Fsp3) is 0.174. The molecule has 1 amide bonds. The number of amides is 1. The summed E-state index contributed by atoms with van der Waals surface area (Å²) in [6.45, 7) is 0.687. The molecule has 0 saturated carbocycles. The van der Waals surface area contributed by atoms with Gasteiger partial charge in [-0.3, -0.25) is 4.79 Å². The average Bonchev–Trinajstić information content (AvgIpc) is 3.33. The van der Waals surface area contributed by atoms with E-state index in [2.05, 4.69) is 5.32 Å². The number of benzene rings is 3. The molecule has 0 saturated heterocycles. The Hall–Kier alpha value is -3.67. The molecule has 0 unspecified atom stereocenters. The predicted molar refractivity (Wildman–Crippen MR) is 108 cm³/mol. The molecule has 0 radical (unpaired) electrons. The van der Waals surface area contributed by atoms with Crippen LogP contribution in [0.4, 0.5) is 5.69 Å². The first-order valence-corrected chi connectivity index (χ1v) is 9.42. The monoisotopic (exact) mass is 388 g/mol. The summed E-state index contributed by atoms with van der Waals surface area (Å²) in [7, 11) is 1.64. The van der Waals surface area contributed by atoms with E-state index in [9.17, 15) is 4.79 Å². The van der Waals surface area contributed by atoms with E-state index in [4.69, 9.17) is 14.2 Å². The summed E-state index contributed by atoms with van der Waals surface area (Å²) < 4.78 is 16.1. The molecule has 1 atom stereocenters. The van der Waals surface area contributed by atoms with Crippen molar-refractivity contribution >= 4 is 11.6 Å². The third-order valence-corrected chi connectivity index (χ3v) is 5.24. The van der Waals surface area contributed by atoms with Crippen LogP contribution < -0.4 is 19.5 Å². The Morgan fingerprint density at radius 3 is 2.66 bits per heavy atom. The van der Waals surface area contributed by atoms with Crippen LogP contribution in [-0.2, 0) is 6.54 Å². The molecule has 0 fully saturated rings. The van der Waals surface area contributed by atoms with Crippen LogP contribution in [0.3, 0.4) is 0 Å². The number of carbonyl (C=O) groups is 1. The van der Waals surface area contributed by atoms with Crippen LogP contribution in [0.15, 0.2) is 66.7 Å². The van der Waals surface area contributed by atoms with E-state index in [0.717, 1.165) is 33.9 Å². The molecule has 0 aromatic heterocycles. The van der Waals surface area contributed by atoms with Crippen molar-refractivity contribution in [2.45, 2.75) is 12.7 Å². The molecule has 3 aromatic rings. The van der Waals surface area contributed by atoms with Crippen molar-refractivity contribution in [2.75, 3.05) is 19.2 Å². The SMILES string of the molecule is COc1ccc(N[C@@H]2c3ccccc3C(=O)N2Cc2ccc3c(c2)OCO3)cc1. The molecule has 3 aromatic carbocycles. The Kier molecular flexibility index (Phi) is 4.24. The second-order valence-corrected chi connectivity index (χ2v) is 6.98. The zero-order valence-corrected chi connectivity index (χ0v) is 15.9. The third kappa shape index (κ3) is 3.12. The molecule has 2 heterocycles. The van der Waals surface area contributed by atoms with E-state index in [1.165, 1.54) is 0 Å². The number of hydrogen-bond donors (Lipinski definition) is 1. The van der Waals surface area contributed by atoms with E-state index in [-0.39, 0.29) is 18.9 Å². The number of fused-ring (bicyclic) bond motifs is 2. The van der Waals surface area contributed by atoms with E-state index in [1.807, 2.05) is 71.6 Å². The largest absolute Gasteiger partial charge is 0.497 e. The lowest BCUT2D eigenvalue weighted by atomic mass is 10.1. The van der Waals surface area contributed by atoms with Crippen LogP contribution in [-0.4, -0.2) is 24.7 Å². The Balaban J connectivity index is 1.46. The van der Waals surface area contributed by atoms with Gasteiger partial charge in [-0.15, -0.1) is 0 Å². The highest BCUT2D eigenvalue weighted by molar-refractivity contribution is 5.99. The zero-order chi connectivity index (χ0) is 19.8. The van der Waals surface area contributed by atoms with Gasteiger partial charge in [0.2, 0.25) is 6.79 Å². The fourth-order valence-corrected chi connectivity index (χ4v) is 3.77. The first-order valence-electron chi connectivity index (χ1n) is 9.42. The number of ether oxygens (including phenoxy) is 3. The van der Waals surface area contributed by atoms with Crippen LogP contribution in [0.25, 0.3) is 0 Å². The molecular formula is C23H20N2O4. The smallest absolute Gasteiger partial charge is 0.256 e. The number of rotatable bonds is 5. The number of anilines is 1. The van der Waals surface area contributed by atoms with Crippen LogP contribution in [0.5, 0.6) is 17.2 Å². The Morgan fingerprint density at radius 1 is 1.03 bits per heavy atom. The van der Waals surface area contributed by atoms with Gasteiger partial charge >= 0.3 is 0 Å². The molecule has 2 aliphatic rings. The quantitative estimate of drug-likeness (QED) is 0.710. The molecule has 29 heavy (non-hydrogen) atoms. The van der Waals surface area contributed by atoms with Crippen molar-refractivity contribution in [3.05, 3.63) is 83.4 Å². The van der Waals surface area contributed by atoms with Crippen LogP contribution in [0.2, 0.25) is 0 Å². The topological polar surface area (TPSA) is 60.0 Å². The van der Waals surface area contributed by atoms with E-state index in [0.29, 0.717) is 12.3 Å². The minimum absolute atomic E-state index is 0.00396. The Labute approximate surface area is 168 Å². The second kappa shape index (κ2) is 7.05. The number of methoxy groups -OCH3 is 1. The molecule has 6 nitrogen and oxygen atoms in total. The molecular weight excluding hydrogens is 368 g/mol. The molecule has 0 aliphatic carbocycles. The van der Waals surface area contributed by atoms with Crippen molar-refractivity contribution in [1.29, 1.82) is 0 Å². The first kappa shape index (κ1) is 17.4. The van der Waals surface area contributed by atoms with Crippen LogP contribution >= 0.6 is 0 Å². The molecule has 0 spiro atoms. The van der Waals surface area contributed by atoms with E-state index >= 15 is 0 Å². The lowest BCUT2D eigenvalue weighted by Crippen LogP contribution is -2.31. The van der Waals surface area contributed by atoms with Gasteiger partial charge in [0.25, 0.3) is 5.91 Å². The maximum Gasteiger partial charge on any atom is 0.256 e. The highest BCUT2D eigenvalue weighted by Crippen LogP contribution is 2.38. The molecule has 6 heteroatoms. The molecule has 5 rings (SSSR count). The van der Waals surface area contributed by atoms with Gasteiger partial charge in [-0.25, -0.2) is 0 Å².